The summed E-state index contributed by atoms with van der Waals surface area (Å²) in [5, 5.41) is 0.887. The topological polar surface area (TPSA) is 31.4 Å². The number of hydrogen-bond acceptors (Lipinski definition) is 3. The molecule has 0 atom stereocenters. The average molecular weight is 363 g/mol. The zero-order valence-electron chi connectivity index (χ0n) is 9.99. The highest BCUT2D eigenvalue weighted by Crippen LogP contribution is 2.35. The molecular weight excluding hydrogens is 353 g/mol. The van der Waals surface area contributed by atoms with Crippen molar-refractivity contribution in [2.45, 2.75) is 6.61 Å². The number of nitrogens with zero attached hydrogens (tertiary/aromatic N) is 1. The van der Waals surface area contributed by atoms with E-state index < -0.39 is 0 Å². The number of ether oxygens (including phenoxy) is 2. The summed E-state index contributed by atoms with van der Waals surface area (Å²) < 4.78 is 11.7. The second-order valence-electron chi connectivity index (χ2n) is 3.62. The van der Waals surface area contributed by atoms with E-state index in [4.69, 9.17) is 32.7 Å². The van der Waals surface area contributed by atoms with E-state index in [1.165, 1.54) is 0 Å². The van der Waals surface area contributed by atoms with Crippen molar-refractivity contribution < 1.29 is 9.47 Å². The molecule has 0 aliphatic heterocycles. The summed E-state index contributed by atoms with van der Waals surface area (Å²) in [6.45, 7) is 0.207. The van der Waals surface area contributed by atoms with Crippen LogP contribution >= 0.6 is 39.1 Å². The Morgan fingerprint density at radius 2 is 2.00 bits per heavy atom. The maximum atomic E-state index is 6.03. The lowest BCUT2D eigenvalue weighted by atomic mass is 10.3. The number of aromatic nitrogens is 1. The fourth-order valence-electron chi connectivity index (χ4n) is 1.49. The van der Waals surface area contributed by atoms with E-state index in [0.29, 0.717) is 27.4 Å². The summed E-state index contributed by atoms with van der Waals surface area (Å²) in [4.78, 5) is 4.13. The molecule has 0 spiro atoms. The van der Waals surface area contributed by atoms with Crippen LogP contribution in [-0.4, -0.2) is 12.1 Å². The highest BCUT2D eigenvalue weighted by atomic mass is 79.9. The van der Waals surface area contributed by atoms with Crippen molar-refractivity contribution in [3.05, 3.63) is 50.7 Å². The molecule has 0 aliphatic carbocycles. The Labute approximate surface area is 129 Å². The van der Waals surface area contributed by atoms with Gasteiger partial charge in [-0.3, -0.25) is 0 Å². The second-order valence-corrected chi connectivity index (χ2v) is 5.27. The van der Waals surface area contributed by atoms with Crippen LogP contribution in [0.4, 0.5) is 0 Å². The highest BCUT2D eigenvalue weighted by molar-refractivity contribution is 9.10. The normalized spacial score (nSPS) is 10.3. The van der Waals surface area contributed by atoms with Crippen LogP contribution < -0.4 is 9.47 Å². The number of pyridine rings is 1. The van der Waals surface area contributed by atoms with Crippen molar-refractivity contribution in [1.29, 1.82) is 0 Å². The maximum Gasteiger partial charge on any atom is 0.175 e. The van der Waals surface area contributed by atoms with Gasteiger partial charge in [-0.25, -0.2) is 4.98 Å². The molecule has 0 aliphatic rings. The highest BCUT2D eigenvalue weighted by Gasteiger charge is 2.11. The third-order valence-electron chi connectivity index (χ3n) is 2.39. The molecule has 100 valence electrons. The van der Waals surface area contributed by atoms with E-state index in [0.717, 1.165) is 4.47 Å². The standard InChI is InChI=1S/C13H10BrCl2NO2/c1-18-11-4-2-3-8(14)13(11)19-7-10-9(15)5-6-12(16)17-10/h2-6H,7H2,1H3. The van der Waals surface area contributed by atoms with Crippen molar-refractivity contribution >= 4 is 39.1 Å². The molecule has 19 heavy (non-hydrogen) atoms. The number of para-hydroxylation sites is 1. The molecule has 0 N–H and O–H groups in total. The van der Waals surface area contributed by atoms with Crippen LogP contribution in [0.3, 0.4) is 0 Å². The van der Waals surface area contributed by atoms with Gasteiger partial charge < -0.3 is 9.47 Å². The molecule has 1 aromatic carbocycles. The Morgan fingerprint density at radius 3 is 2.74 bits per heavy atom. The molecule has 1 aromatic heterocycles. The molecule has 0 bridgehead atoms. The second kappa shape index (κ2) is 6.46. The molecule has 3 nitrogen and oxygen atoms in total. The molecular formula is C13H10BrCl2NO2. The predicted molar refractivity (Wildman–Crippen MR) is 79.3 cm³/mol. The minimum absolute atomic E-state index is 0.207. The first-order valence-electron chi connectivity index (χ1n) is 5.38. The third-order valence-corrected chi connectivity index (χ3v) is 3.57. The maximum absolute atomic E-state index is 6.03. The van der Waals surface area contributed by atoms with Gasteiger partial charge in [-0.1, -0.05) is 29.3 Å². The van der Waals surface area contributed by atoms with E-state index in [1.807, 2.05) is 18.2 Å². The van der Waals surface area contributed by atoms with Crippen LogP contribution in [0.25, 0.3) is 0 Å². The summed E-state index contributed by atoms with van der Waals surface area (Å²) in [5.74, 6) is 1.23. The molecule has 2 aromatic rings. The molecule has 0 amide bonds. The lowest BCUT2D eigenvalue weighted by Crippen LogP contribution is -2.01. The Hall–Kier alpha value is -0.970. The van der Waals surface area contributed by atoms with Gasteiger partial charge in [0.2, 0.25) is 0 Å². The van der Waals surface area contributed by atoms with Crippen molar-refractivity contribution in [3.8, 4) is 11.5 Å². The SMILES string of the molecule is COc1cccc(Br)c1OCc1nc(Cl)ccc1Cl. The summed E-state index contributed by atoms with van der Waals surface area (Å²) >= 11 is 15.3. The Kier molecular flexibility index (Phi) is 4.91. The van der Waals surface area contributed by atoms with Gasteiger partial charge in [0.1, 0.15) is 11.8 Å². The van der Waals surface area contributed by atoms with Gasteiger partial charge in [0.05, 0.1) is 22.3 Å². The Morgan fingerprint density at radius 1 is 1.21 bits per heavy atom. The van der Waals surface area contributed by atoms with E-state index in [1.54, 1.807) is 19.2 Å². The van der Waals surface area contributed by atoms with Crippen molar-refractivity contribution in [2.75, 3.05) is 7.11 Å². The zero-order chi connectivity index (χ0) is 13.8. The first-order valence-corrected chi connectivity index (χ1v) is 6.93. The quantitative estimate of drug-likeness (QED) is 0.736. The smallest absolute Gasteiger partial charge is 0.175 e. The summed E-state index contributed by atoms with van der Waals surface area (Å²) in [6, 6.07) is 8.86. The predicted octanol–water partition coefficient (Wildman–Crippen LogP) is 4.74. The van der Waals surface area contributed by atoms with Crippen LogP contribution in [0.5, 0.6) is 11.5 Å². The van der Waals surface area contributed by atoms with Gasteiger partial charge in [0, 0.05) is 0 Å². The van der Waals surface area contributed by atoms with Crippen molar-refractivity contribution in [2.24, 2.45) is 0 Å². The first kappa shape index (κ1) is 14.4. The molecule has 0 radical (unpaired) electrons. The van der Waals surface area contributed by atoms with E-state index in [9.17, 15) is 0 Å². The lowest BCUT2D eigenvalue weighted by molar-refractivity contribution is 0.279. The number of methoxy groups -OCH3 is 1. The van der Waals surface area contributed by atoms with E-state index >= 15 is 0 Å². The molecule has 0 fully saturated rings. The molecule has 1 heterocycles. The number of benzene rings is 1. The summed E-state index contributed by atoms with van der Waals surface area (Å²) in [7, 11) is 1.58. The van der Waals surface area contributed by atoms with Crippen LogP contribution in [0.1, 0.15) is 5.69 Å². The van der Waals surface area contributed by atoms with Crippen LogP contribution in [0.2, 0.25) is 10.2 Å². The lowest BCUT2D eigenvalue weighted by Gasteiger charge is -2.12. The van der Waals surface area contributed by atoms with E-state index in [-0.39, 0.29) is 6.61 Å². The first-order chi connectivity index (χ1) is 9.11. The van der Waals surface area contributed by atoms with Crippen LogP contribution in [0, 0.1) is 0 Å². The van der Waals surface area contributed by atoms with Gasteiger partial charge in [0.25, 0.3) is 0 Å². The Bertz CT molecular complexity index is 593. The van der Waals surface area contributed by atoms with Gasteiger partial charge in [-0.2, -0.15) is 0 Å². The summed E-state index contributed by atoms with van der Waals surface area (Å²) in [6.07, 6.45) is 0. The third kappa shape index (κ3) is 3.53. The molecule has 0 unspecified atom stereocenters. The van der Waals surface area contributed by atoms with Gasteiger partial charge in [0.15, 0.2) is 11.5 Å². The van der Waals surface area contributed by atoms with Crippen LogP contribution in [-0.2, 0) is 6.61 Å². The molecule has 0 saturated carbocycles. The average Bonchev–Trinajstić information content (AvgIpc) is 2.40. The number of hydrogen-bond donors (Lipinski definition) is 0. The Balaban J connectivity index is 2.21. The van der Waals surface area contributed by atoms with Crippen molar-refractivity contribution in [3.63, 3.8) is 0 Å². The fraction of sp³-hybridized carbons (Fsp3) is 0.154. The number of rotatable bonds is 4. The summed E-state index contributed by atoms with van der Waals surface area (Å²) in [5.41, 5.74) is 0.576. The number of halogens is 3. The fourth-order valence-corrected chi connectivity index (χ4v) is 2.28. The van der Waals surface area contributed by atoms with Gasteiger partial charge >= 0.3 is 0 Å². The van der Waals surface area contributed by atoms with Gasteiger partial charge in [-0.05, 0) is 40.2 Å². The van der Waals surface area contributed by atoms with Crippen molar-refractivity contribution in [1.82, 2.24) is 4.98 Å². The molecule has 6 heteroatoms. The van der Waals surface area contributed by atoms with Crippen LogP contribution in [0.15, 0.2) is 34.8 Å². The largest absolute Gasteiger partial charge is 0.493 e. The van der Waals surface area contributed by atoms with E-state index in [2.05, 4.69) is 20.9 Å². The monoisotopic (exact) mass is 361 g/mol. The van der Waals surface area contributed by atoms with Gasteiger partial charge in [-0.15, -0.1) is 0 Å². The zero-order valence-corrected chi connectivity index (χ0v) is 13.1. The minimum Gasteiger partial charge on any atom is -0.493 e. The molecule has 0 saturated heterocycles. The molecule has 2 rings (SSSR count). The minimum atomic E-state index is 0.207.